The van der Waals surface area contributed by atoms with Gasteiger partial charge in [-0.25, -0.2) is 4.79 Å². The normalized spacial score (nSPS) is 14.4. The van der Waals surface area contributed by atoms with Crippen LogP contribution in [0, 0.1) is 5.92 Å². The lowest BCUT2D eigenvalue weighted by molar-refractivity contribution is -0.140. The molecule has 0 saturated heterocycles. The van der Waals surface area contributed by atoms with Gasteiger partial charge in [-0.3, -0.25) is 9.59 Å². The van der Waals surface area contributed by atoms with Crippen molar-refractivity contribution < 1.29 is 24.2 Å². The van der Waals surface area contributed by atoms with Crippen LogP contribution in [0.15, 0.2) is 36.9 Å². The average Bonchev–Trinajstić information content (AvgIpc) is 3.44. The lowest BCUT2D eigenvalue weighted by Crippen LogP contribution is -2.44. The lowest BCUT2D eigenvalue weighted by Gasteiger charge is -2.21. The van der Waals surface area contributed by atoms with Gasteiger partial charge in [0.1, 0.15) is 0 Å². The molecule has 0 aromatic heterocycles. The standard InChI is InChI=1S/C18H22N2O5/c1-3-10-25-11-14(18(23)24)19-16(21)13-6-4-5-7-15(13)20(2)17(22)12-8-9-12/h3-7,12,14H,1,8-11H2,2H3,(H,19,21)(H,23,24). The largest absolute Gasteiger partial charge is 0.480 e. The Morgan fingerprint density at radius 2 is 2.08 bits per heavy atom. The molecule has 1 aliphatic carbocycles. The van der Waals surface area contributed by atoms with E-state index in [0.717, 1.165) is 12.8 Å². The summed E-state index contributed by atoms with van der Waals surface area (Å²) in [5.41, 5.74) is 0.696. The van der Waals surface area contributed by atoms with Gasteiger partial charge in [-0.2, -0.15) is 0 Å². The zero-order valence-corrected chi connectivity index (χ0v) is 14.1. The number of hydrogen-bond donors (Lipinski definition) is 2. The van der Waals surface area contributed by atoms with Crippen molar-refractivity contribution in [1.29, 1.82) is 0 Å². The third kappa shape index (κ3) is 4.90. The summed E-state index contributed by atoms with van der Waals surface area (Å²) in [6.45, 7) is 3.50. The first-order valence-corrected chi connectivity index (χ1v) is 8.04. The lowest BCUT2D eigenvalue weighted by atomic mass is 10.1. The SMILES string of the molecule is C=CCOCC(NC(=O)c1ccccc1N(C)C(=O)C1CC1)C(=O)O. The Hall–Kier alpha value is -2.67. The van der Waals surface area contributed by atoms with Gasteiger partial charge in [0.05, 0.1) is 24.5 Å². The summed E-state index contributed by atoms with van der Waals surface area (Å²) >= 11 is 0. The number of carboxylic acid groups (broad SMARTS) is 1. The summed E-state index contributed by atoms with van der Waals surface area (Å²) in [4.78, 5) is 37.5. The Morgan fingerprint density at radius 1 is 1.40 bits per heavy atom. The molecule has 2 rings (SSSR count). The van der Waals surface area contributed by atoms with E-state index in [9.17, 15) is 19.5 Å². The van der Waals surface area contributed by atoms with Crippen LogP contribution in [-0.4, -0.2) is 49.2 Å². The Labute approximate surface area is 146 Å². The fraction of sp³-hybridized carbons (Fsp3) is 0.389. The van der Waals surface area contributed by atoms with Crippen LogP contribution in [0.5, 0.6) is 0 Å². The van der Waals surface area contributed by atoms with Crippen LogP contribution in [0.3, 0.4) is 0 Å². The van der Waals surface area contributed by atoms with Gasteiger partial charge in [0, 0.05) is 13.0 Å². The first-order valence-electron chi connectivity index (χ1n) is 8.04. The van der Waals surface area contributed by atoms with E-state index in [-0.39, 0.29) is 30.6 Å². The number of anilines is 1. The van der Waals surface area contributed by atoms with Crippen LogP contribution in [0.2, 0.25) is 0 Å². The summed E-state index contributed by atoms with van der Waals surface area (Å²) < 4.78 is 5.12. The highest BCUT2D eigenvalue weighted by Gasteiger charge is 2.33. The number of ether oxygens (including phenoxy) is 1. The zero-order chi connectivity index (χ0) is 18.4. The maximum atomic E-state index is 12.5. The van der Waals surface area contributed by atoms with E-state index < -0.39 is 17.9 Å². The summed E-state index contributed by atoms with van der Waals surface area (Å²) in [5, 5.41) is 11.7. The number of para-hydroxylation sites is 1. The molecule has 1 aromatic rings. The van der Waals surface area contributed by atoms with E-state index in [2.05, 4.69) is 11.9 Å². The number of carboxylic acids is 1. The molecule has 1 aliphatic rings. The second-order valence-corrected chi connectivity index (χ2v) is 5.88. The van der Waals surface area contributed by atoms with Crippen LogP contribution < -0.4 is 10.2 Å². The number of nitrogens with zero attached hydrogens (tertiary/aromatic N) is 1. The van der Waals surface area contributed by atoms with E-state index >= 15 is 0 Å². The fourth-order valence-electron chi connectivity index (χ4n) is 2.36. The number of carbonyl (C=O) groups excluding carboxylic acids is 2. The second-order valence-electron chi connectivity index (χ2n) is 5.88. The van der Waals surface area contributed by atoms with Crippen LogP contribution in [0.4, 0.5) is 5.69 Å². The first kappa shape index (κ1) is 18.7. The van der Waals surface area contributed by atoms with Crippen molar-refractivity contribution in [3.63, 3.8) is 0 Å². The molecular formula is C18H22N2O5. The van der Waals surface area contributed by atoms with Crippen molar-refractivity contribution in [1.82, 2.24) is 5.32 Å². The Kier molecular flexibility index (Phi) is 6.30. The Balaban J connectivity index is 2.13. The van der Waals surface area contributed by atoms with Gasteiger partial charge in [-0.1, -0.05) is 18.2 Å². The number of amides is 2. The van der Waals surface area contributed by atoms with Crippen molar-refractivity contribution in [2.75, 3.05) is 25.2 Å². The number of carbonyl (C=O) groups is 3. The Bertz CT molecular complexity index is 669. The molecule has 25 heavy (non-hydrogen) atoms. The van der Waals surface area contributed by atoms with E-state index in [1.165, 1.54) is 11.0 Å². The number of benzene rings is 1. The van der Waals surface area contributed by atoms with Gasteiger partial charge in [-0.05, 0) is 25.0 Å². The molecule has 0 radical (unpaired) electrons. The maximum Gasteiger partial charge on any atom is 0.328 e. The quantitative estimate of drug-likeness (QED) is 0.521. The van der Waals surface area contributed by atoms with Crippen LogP contribution in [-0.2, 0) is 14.3 Å². The molecule has 0 spiro atoms. The second kappa shape index (κ2) is 8.43. The molecule has 1 atom stereocenters. The molecule has 0 heterocycles. The fourth-order valence-corrected chi connectivity index (χ4v) is 2.36. The van der Waals surface area contributed by atoms with Crippen molar-refractivity contribution >= 4 is 23.5 Å². The molecule has 2 amide bonds. The number of hydrogen-bond acceptors (Lipinski definition) is 4. The van der Waals surface area contributed by atoms with Crippen LogP contribution in [0.1, 0.15) is 23.2 Å². The molecule has 2 N–H and O–H groups in total. The monoisotopic (exact) mass is 346 g/mol. The molecule has 7 heteroatoms. The molecular weight excluding hydrogens is 324 g/mol. The van der Waals surface area contributed by atoms with Gasteiger partial charge in [0.25, 0.3) is 5.91 Å². The Morgan fingerprint density at radius 3 is 2.68 bits per heavy atom. The molecule has 7 nitrogen and oxygen atoms in total. The van der Waals surface area contributed by atoms with E-state index in [0.29, 0.717) is 5.69 Å². The van der Waals surface area contributed by atoms with Gasteiger partial charge in [0.2, 0.25) is 5.91 Å². The first-order chi connectivity index (χ1) is 12.0. The molecule has 1 aromatic carbocycles. The summed E-state index contributed by atoms with van der Waals surface area (Å²) in [6.07, 6.45) is 3.22. The average molecular weight is 346 g/mol. The smallest absolute Gasteiger partial charge is 0.328 e. The molecule has 0 bridgehead atoms. The summed E-state index contributed by atoms with van der Waals surface area (Å²) in [7, 11) is 1.62. The number of rotatable bonds is 9. The van der Waals surface area contributed by atoms with Gasteiger partial charge in [0.15, 0.2) is 6.04 Å². The molecule has 0 aliphatic heterocycles. The topological polar surface area (TPSA) is 95.9 Å². The van der Waals surface area contributed by atoms with Crippen LogP contribution in [0.25, 0.3) is 0 Å². The summed E-state index contributed by atoms with van der Waals surface area (Å²) in [5.74, 6) is -1.79. The van der Waals surface area contributed by atoms with Gasteiger partial charge >= 0.3 is 5.97 Å². The van der Waals surface area contributed by atoms with Crippen molar-refractivity contribution in [2.45, 2.75) is 18.9 Å². The van der Waals surface area contributed by atoms with E-state index in [4.69, 9.17) is 4.74 Å². The highest BCUT2D eigenvalue weighted by atomic mass is 16.5. The van der Waals surface area contributed by atoms with Crippen LogP contribution >= 0.6 is 0 Å². The van der Waals surface area contributed by atoms with E-state index in [1.807, 2.05) is 0 Å². The van der Waals surface area contributed by atoms with E-state index in [1.54, 1.807) is 31.3 Å². The minimum atomic E-state index is -1.20. The molecule has 1 saturated carbocycles. The predicted octanol–water partition coefficient (Wildman–Crippen LogP) is 1.44. The van der Waals surface area contributed by atoms with Gasteiger partial charge < -0.3 is 20.1 Å². The highest BCUT2D eigenvalue weighted by Crippen LogP contribution is 2.33. The molecule has 134 valence electrons. The zero-order valence-electron chi connectivity index (χ0n) is 14.1. The van der Waals surface area contributed by atoms with Crippen molar-refractivity contribution in [3.8, 4) is 0 Å². The highest BCUT2D eigenvalue weighted by molar-refractivity contribution is 6.06. The number of aliphatic carboxylic acids is 1. The third-order valence-electron chi connectivity index (χ3n) is 3.89. The summed E-state index contributed by atoms with van der Waals surface area (Å²) in [6, 6.07) is 5.43. The maximum absolute atomic E-state index is 12.5. The van der Waals surface area contributed by atoms with Gasteiger partial charge in [-0.15, -0.1) is 6.58 Å². The number of nitrogens with one attached hydrogen (secondary N) is 1. The predicted molar refractivity (Wildman–Crippen MR) is 92.5 cm³/mol. The van der Waals surface area contributed by atoms with Crippen molar-refractivity contribution in [3.05, 3.63) is 42.5 Å². The minimum Gasteiger partial charge on any atom is -0.480 e. The molecule has 1 fully saturated rings. The van der Waals surface area contributed by atoms with Crippen molar-refractivity contribution in [2.24, 2.45) is 5.92 Å². The minimum absolute atomic E-state index is 0.0141. The third-order valence-corrected chi connectivity index (χ3v) is 3.89. The molecule has 1 unspecified atom stereocenters.